The largest absolute Gasteiger partial charge is 0.497 e. The summed E-state index contributed by atoms with van der Waals surface area (Å²) < 4.78 is 62.4. The molecule has 0 saturated heterocycles. The van der Waals surface area contributed by atoms with E-state index in [4.69, 9.17) is 18.9 Å². The minimum atomic E-state index is -3.98. The Morgan fingerprint density at radius 1 is 0.889 bits per heavy atom. The molecular weight excluding hydrogens is 491 g/mol. The lowest BCUT2D eigenvalue weighted by atomic mass is 10.1. The van der Waals surface area contributed by atoms with Crippen LogP contribution in [0.5, 0.6) is 23.0 Å². The van der Waals surface area contributed by atoms with E-state index in [1.54, 1.807) is 24.3 Å². The molecule has 11 heteroatoms. The molecule has 0 heterocycles. The number of hydrogen-bond donors (Lipinski definition) is 1. The average Bonchev–Trinajstić information content (AvgIpc) is 2.86. The lowest BCUT2D eigenvalue weighted by Gasteiger charge is -2.26. The zero-order valence-electron chi connectivity index (χ0n) is 20.5. The van der Waals surface area contributed by atoms with Gasteiger partial charge in [0.2, 0.25) is 10.0 Å². The molecule has 0 unspecified atom stereocenters. The van der Waals surface area contributed by atoms with Gasteiger partial charge in [-0.15, -0.1) is 0 Å². The van der Waals surface area contributed by atoms with Crippen molar-refractivity contribution < 1.29 is 36.6 Å². The van der Waals surface area contributed by atoms with Crippen molar-refractivity contribution in [2.24, 2.45) is 0 Å². The number of methoxy groups -OCH3 is 4. The number of sulfonamides is 1. The summed E-state index contributed by atoms with van der Waals surface area (Å²) in [6.07, 6.45) is 0.970. The second-order valence-corrected chi connectivity index (χ2v) is 9.51. The molecule has 0 saturated carbocycles. The van der Waals surface area contributed by atoms with Gasteiger partial charge in [-0.05, 0) is 24.3 Å². The van der Waals surface area contributed by atoms with Crippen molar-refractivity contribution in [2.45, 2.75) is 6.54 Å². The molecule has 1 amide bonds. The Hall–Kier alpha value is -3.99. The average molecular weight is 519 g/mol. The molecule has 0 aliphatic rings. The molecule has 0 bridgehead atoms. The number of carbonyl (C=O) groups is 1. The van der Waals surface area contributed by atoms with Gasteiger partial charge in [-0.25, -0.2) is 12.8 Å². The zero-order valence-corrected chi connectivity index (χ0v) is 21.3. The predicted molar refractivity (Wildman–Crippen MR) is 134 cm³/mol. The predicted octanol–water partition coefficient (Wildman–Crippen LogP) is 4.08. The third-order valence-corrected chi connectivity index (χ3v) is 6.47. The van der Waals surface area contributed by atoms with E-state index < -0.39 is 21.7 Å². The first-order chi connectivity index (χ1) is 17.1. The standard InChI is InChI=1S/C25H27FN2O7S/c1-32-17-10-11-22(33-2)20(12-17)27-25(29)18-13-23(34-3)24(35-4)14-21(18)28(36(5,30)31)15-16-8-6-7-9-19(16)26/h6-14H,15H2,1-5H3,(H,27,29). The van der Waals surface area contributed by atoms with Crippen molar-refractivity contribution in [3.8, 4) is 23.0 Å². The maximum atomic E-state index is 14.4. The maximum absolute atomic E-state index is 14.4. The van der Waals surface area contributed by atoms with Crippen LogP contribution in [-0.4, -0.2) is 49.0 Å². The fourth-order valence-corrected chi connectivity index (χ4v) is 4.40. The van der Waals surface area contributed by atoms with Crippen LogP contribution in [0.4, 0.5) is 15.8 Å². The maximum Gasteiger partial charge on any atom is 0.258 e. The van der Waals surface area contributed by atoms with Crippen molar-refractivity contribution in [3.63, 3.8) is 0 Å². The third-order valence-electron chi connectivity index (χ3n) is 5.34. The van der Waals surface area contributed by atoms with E-state index in [9.17, 15) is 17.6 Å². The van der Waals surface area contributed by atoms with Gasteiger partial charge >= 0.3 is 0 Å². The highest BCUT2D eigenvalue weighted by atomic mass is 32.2. The molecule has 0 aliphatic heterocycles. The summed E-state index contributed by atoms with van der Waals surface area (Å²) in [5.41, 5.74) is 0.332. The lowest BCUT2D eigenvalue weighted by Crippen LogP contribution is -2.32. The fourth-order valence-electron chi connectivity index (χ4n) is 3.52. The van der Waals surface area contributed by atoms with Gasteiger partial charge < -0.3 is 24.3 Å². The molecule has 192 valence electrons. The first kappa shape index (κ1) is 26.6. The van der Waals surface area contributed by atoms with Crippen LogP contribution in [0.3, 0.4) is 0 Å². The molecule has 36 heavy (non-hydrogen) atoms. The molecule has 0 aromatic heterocycles. The first-order valence-electron chi connectivity index (χ1n) is 10.6. The number of ether oxygens (including phenoxy) is 4. The van der Waals surface area contributed by atoms with Crippen LogP contribution in [0.25, 0.3) is 0 Å². The van der Waals surface area contributed by atoms with Crippen LogP contribution in [-0.2, 0) is 16.6 Å². The number of nitrogens with zero attached hydrogens (tertiary/aromatic N) is 1. The minimum Gasteiger partial charge on any atom is -0.497 e. The molecule has 0 aliphatic carbocycles. The number of hydrogen-bond acceptors (Lipinski definition) is 7. The number of rotatable bonds is 10. The van der Waals surface area contributed by atoms with Crippen molar-refractivity contribution in [1.29, 1.82) is 0 Å². The number of carbonyl (C=O) groups excluding carboxylic acids is 1. The Morgan fingerprint density at radius 3 is 2.11 bits per heavy atom. The number of halogens is 1. The van der Waals surface area contributed by atoms with Gasteiger partial charge in [0, 0.05) is 17.7 Å². The number of nitrogens with one attached hydrogen (secondary N) is 1. The molecule has 3 aromatic carbocycles. The Balaban J connectivity index is 2.18. The smallest absolute Gasteiger partial charge is 0.258 e. The monoisotopic (exact) mass is 518 g/mol. The van der Waals surface area contributed by atoms with E-state index in [1.807, 2.05) is 0 Å². The van der Waals surface area contributed by atoms with Gasteiger partial charge in [0.25, 0.3) is 5.91 Å². The van der Waals surface area contributed by atoms with Gasteiger partial charge in [-0.1, -0.05) is 18.2 Å². The summed E-state index contributed by atoms with van der Waals surface area (Å²) in [7, 11) is 1.70. The molecule has 3 rings (SSSR count). The summed E-state index contributed by atoms with van der Waals surface area (Å²) in [6, 6.07) is 13.3. The SMILES string of the molecule is COc1ccc(OC)c(NC(=O)c2cc(OC)c(OC)cc2N(Cc2ccccc2F)S(C)(=O)=O)c1. The molecule has 0 radical (unpaired) electrons. The van der Waals surface area contributed by atoms with Gasteiger partial charge in [0.05, 0.1) is 58.2 Å². The van der Waals surface area contributed by atoms with E-state index in [2.05, 4.69) is 5.32 Å². The molecule has 0 spiro atoms. The van der Waals surface area contributed by atoms with Gasteiger partial charge in [0.1, 0.15) is 17.3 Å². The van der Waals surface area contributed by atoms with Crippen LogP contribution < -0.4 is 28.6 Å². The summed E-state index contributed by atoms with van der Waals surface area (Å²) in [4.78, 5) is 13.5. The summed E-state index contributed by atoms with van der Waals surface area (Å²) in [6.45, 7) is -0.357. The normalized spacial score (nSPS) is 10.9. The minimum absolute atomic E-state index is 0.0298. The highest BCUT2D eigenvalue weighted by Crippen LogP contribution is 2.38. The highest BCUT2D eigenvalue weighted by Gasteiger charge is 2.28. The van der Waals surface area contributed by atoms with Crippen molar-refractivity contribution in [1.82, 2.24) is 0 Å². The second kappa shape index (κ2) is 11.2. The van der Waals surface area contributed by atoms with E-state index in [-0.39, 0.29) is 34.9 Å². The van der Waals surface area contributed by atoms with Crippen LogP contribution in [0.2, 0.25) is 0 Å². The summed E-state index contributed by atoms with van der Waals surface area (Å²) in [5, 5.41) is 2.73. The van der Waals surface area contributed by atoms with Crippen molar-refractivity contribution in [3.05, 3.63) is 71.5 Å². The number of benzene rings is 3. The molecular formula is C25H27FN2O7S. The molecule has 1 N–H and O–H groups in total. The third kappa shape index (κ3) is 5.80. The van der Waals surface area contributed by atoms with E-state index in [0.29, 0.717) is 17.2 Å². The van der Waals surface area contributed by atoms with Crippen LogP contribution in [0.15, 0.2) is 54.6 Å². The Morgan fingerprint density at radius 2 is 1.53 bits per heavy atom. The highest BCUT2D eigenvalue weighted by molar-refractivity contribution is 7.92. The summed E-state index contributed by atoms with van der Waals surface area (Å²) in [5.74, 6) is -0.0413. The van der Waals surface area contributed by atoms with Crippen molar-refractivity contribution in [2.75, 3.05) is 44.3 Å². The van der Waals surface area contributed by atoms with Crippen molar-refractivity contribution >= 4 is 27.3 Å². The Labute approximate surface area is 209 Å². The quantitative estimate of drug-likeness (QED) is 0.431. The van der Waals surface area contributed by atoms with Gasteiger partial charge in [-0.2, -0.15) is 0 Å². The zero-order chi connectivity index (χ0) is 26.5. The first-order valence-corrected chi connectivity index (χ1v) is 12.5. The number of anilines is 2. The van der Waals surface area contributed by atoms with Gasteiger partial charge in [-0.3, -0.25) is 9.10 Å². The molecule has 9 nitrogen and oxygen atoms in total. The molecule has 3 aromatic rings. The Bertz CT molecular complexity index is 1360. The van der Waals surface area contributed by atoms with E-state index in [0.717, 1.165) is 10.6 Å². The second-order valence-electron chi connectivity index (χ2n) is 7.61. The number of amides is 1. The van der Waals surface area contributed by atoms with Crippen LogP contribution in [0, 0.1) is 5.82 Å². The van der Waals surface area contributed by atoms with Crippen LogP contribution >= 0.6 is 0 Å². The van der Waals surface area contributed by atoms with Gasteiger partial charge in [0.15, 0.2) is 11.5 Å². The van der Waals surface area contributed by atoms with E-state index in [1.165, 1.54) is 58.8 Å². The Kier molecular flexibility index (Phi) is 8.25. The fraction of sp³-hybridized carbons (Fsp3) is 0.240. The molecule has 0 fully saturated rings. The topological polar surface area (TPSA) is 103 Å². The van der Waals surface area contributed by atoms with Crippen LogP contribution in [0.1, 0.15) is 15.9 Å². The summed E-state index contributed by atoms with van der Waals surface area (Å²) >= 11 is 0. The molecule has 0 atom stereocenters. The van der Waals surface area contributed by atoms with E-state index >= 15 is 0 Å². The lowest BCUT2D eigenvalue weighted by molar-refractivity contribution is 0.102.